The number of alkyl halides is 1. The lowest BCUT2D eigenvalue weighted by atomic mass is 10.0. The first kappa shape index (κ1) is 21.5. The Kier molecular flexibility index (Phi) is 13.2. The minimum atomic E-state index is 0.455. The van der Waals surface area contributed by atoms with Gasteiger partial charge in [0.15, 0.2) is 17.9 Å². The Labute approximate surface area is 155 Å². The highest BCUT2D eigenvalue weighted by atomic mass is 35.5. The van der Waals surface area contributed by atoms with Crippen LogP contribution in [0.5, 0.6) is 0 Å². The summed E-state index contributed by atoms with van der Waals surface area (Å²) in [6.07, 6.45) is 20.3. The van der Waals surface area contributed by atoms with Gasteiger partial charge < -0.3 is 0 Å². The van der Waals surface area contributed by atoms with Gasteiger partial charge >= 0.3 is 0 Å². The molecular formula is C22H39ClN+. The predicted octanol–water partition coefficient (Wildman–Crippen LogP) is 7.15. The first-order chi connectivity index (χ1) is 11.8. The van der Waals surface area contributed by atoms with E-state index in [1.165, 1.54) is 89.2 Å². The van der Waals surface area contributed by atoms with Gasteiger partial charge in [0, 0.05) is 25.5 Å². The molecule has 0 N–H and O–H groups in total. The summed E-state index contributed by atoms with van der Waals surface area (Å²) in [4.78, 5) is 0. The van der Waals surface area contributed by atoms with Crippen molar-refractivity contribution in [1.82, 2.24) is 0 Å². The number of hydrogen-bond donors (Lipinski definition) is 0. The SMILES string of the molecule is CCCCCCCCCCCCCC[C@H](CCl)[n+]1ccccc1C. The highest BCUT2D eigenvalue weighted by molar-refractivity contribution is 6.18. The van der Waals surface area contributed by atoms with Crippen molar-refractivity contribution in [3.63, 3.8) is 0 Å². The predicted molar refractivity (Wildman–Crippen MR) is 107 cm³/mol. The van der Waals surface area contributed by atoms with E-state index in [0.29, 0.717) is 11.9 Å². The van der Waals surface area contributed by atoms with E-state index in [2.05, 4.69) is 42.8 Å². The summed E-state index contributed by atoms with van der Waals surface area (Å²) in [5.74, 6) is 0.716. The summed E-state index contributed by atoms with van der Waals surface area (Å²) in [7, 11) is 0. The highest BCUT2D eigenvalue weighted by Crippen LogP contribution is 2.16. The summed E-state index contributed by atoms with van der Waals surface area (Å²) < 4.78 is 2.34. The van der Waals surface area contributed by atoms with Gasteiger partial charge in [-0.25, -0.2) is 0 Å². The molecule has 0 aromatic carbocycles. The topological polar surface area (TPSA) is 3.88 Å². The second-order valence-corrected chi connectivity index (χ2v) is 7.54. The molecule has 0 saturated heterocycles. The molecule has 1 aromatic rings. The smallest absolute Gasteiger partial charge is 0.178 e. The van der Waals surface area contributed by atoms with Crippen LogP contribution in [0.2, 0.25) is 0 Å². The van der Waals surface area contributed by atoms with Crippen molar-refractivity contribution in [3.8, 4) is 0 Å². The third kappa shape index (κ3) is 9.67. The van der Waals surface area contributed by atoms with Crippen molar-refractivity contribution in [2.24, 2.45) is 0 Å². The molecule has 1 atom stereocenters. The minimum Gasteiger partial charge on any atom is -0.199 e. The number of hydrogen-bond acceptors (Lipinski definition) is 0. The maximum atomic E-state index is 6.20. The van der Waals surface area contributed by atoms with Gasteiger partial charge in [0.05, 0.1) is 5.88 Å². The van der Waals surface area contributed by atoms with Crippen LogP contribution in [-0.4, -0.2) is 5.88 Å². The number of halogens is 1. The van der Waals surface area contributed by atoms with E-state index in [9.17, 15) is 0 Å². The summed E-state index contributed by atoms with van der Waals surface area (Å²) in [6, 6.07) is 6.83. The van der Waals surface area contributed by atoms with E-state index >= 15 is 0 Å². The Morgan fingerprint density at radius 3 is 1.88 bits per heavy atom. The second-order valence-electron chi connectivity index (χ2n) is 7.24. The molecule has 0 aliphatic heterocycles. The fourth-order valence-corrected chi connectivity index (χ4v) is 3.77. The molecule has 0 saturated carbocycles. The number of aromatic nitrogens is 1. The molecule has 0 radical (unpaired) electrons. The van der Waals surface area contributed by atoms with Crippen LogP contribution in [0.1, 0.15) is 102 Å². The molecule has 0 amide bonds. The molecule has 0 aliphatic carbocycles. The molecule has 1 nitrogen and oxygen atoms in total. The zero-order chi connectivity index (χ0) is 17.5. The van der Waals surface area contributed by atoms with Gasteiger partial charge in [-0.05, 0) is 6.42 Å². The fourth-order valence-electron chi connectivity index (χ4n) is 3.46. The minimum absolute atomic E-state index is 0.455. The van der Waals surface area contributed by atoms with Crippen molar-refractivity contribution < 1.29 is 4.57 Å². The van der Waals surface area contributed by atoms with Crippen LogP contribution < -0.4 is 4.57 Å². The third-order valence-corrected chi connectivity index (χ3v) is 5.42. The zero-order valence-corrected chi connectivity index (χ0v) is 16.9. The molecule has 0 aliphatic rings. The molecule has 24 heavy (non-hydrogen) atoms. The number of nitrogens with zero attached hydrogens (tertiary/aromatic N) is 1. The summed E-state index contributed by atoms with van der Waals surface area (Å²) >= 11 is 6.20. The number of pyridine rings is 1. The lowest BCUT2D eigenvalue weighted by Gasteiger charge is -2.11. The van der Waals surface area contributed by atoms with E-state index in [0.717, 1.165) is 0 Å². The van der Waals surface area contributed by atoms with Gasteiger partial charge in [-0.1, -0.05) is 83.6 Å². The maximum Gasteiger partial charge on any atom is 0.178 e. The lowest BCUT2D eigenvalue weighted by Crippen LogP contribution is -2.42. The van der Waals surface area contributed by atoms with E-state index in [1.54, 1.807) is 0 Å². The van der Waals surface area contributed by atoms with Crippen molar-refractivity contribution in [2.45, 2.75) is 103 Å². The maximum absolute atomic E-state index is 6.20. The van der Waals surface area contributed by atoms with Gasteiger partial charge in [-0.3, -0.25) is 0 Å². The van der Waals surface area contributed by atoms with Crippen LogP contribution in [0, 0.1) is 6.92 Å². The van der Waals surface area contributed by atoms with Crippen LogP contribution in [0.4, 0.5) is 0 Å². The van der Waals surface area contributed by atoms with Crippen LogP contribution in [0.3, 0.4) is 0 Å². The number of unbranched alkanes of at least 4 members (excludes halogenated alkanes) is 11. The first-order valence-corrected chi connectivity index (χ1v) is 10.9. The molecule has 2 heteroatoms. The van der Waals surface area contributed by atoms with Crippen LogP contribution in [0.25, 0.3) is 0 Å². The molecule has 138 valence electrons. The van der Waals surface area contributed by atoms with Crippen LogP contribution in [0.15, 0.2) is 24.4 Å². The van der Waals surface area contributed by atoms with Crippen molar-refractivity contribution >= 4 is 11.6 Å². The zero-order valence-electron chi connectivity index (χ0n) is 16.1. The average Bonchev–Trinajstić information content (AvgIpc) is 2.60. The van der Waals surface area contributed by atoms with Crippen molar-refractivity contribution in [1.29, 1.82) is 0 Å². The van der Waals surface area contributed by atoms with E-state index in [1.807, 2.05) is 0 Å². The fraction of sp³-hybridized carbons (Fsp3) is 0.773. The quantitative estimate of drug-likeness (QED) is 0.179. The monoisotopic (exact) mass is 352 g/mol. The second kappa shape index (κ2) is 14.8. The van der Waals surface area contributed by atoms with Gasteiger partial charge in [-0.15, -0.1) is 11.6 Å². The number of aryl methyl sites for hydroxylation is 1. The van der Waals surface area contributed by atoms with Gasteiger partial charge in [0.25, 0.3) is 0 Å². The Hall–Kier alpha value is -0.560. The molecule has 1 aromatic heterocycles. The van der Waals surface area contributed by atoms with Crippen molar-refractivity contribution in [3.05, 3.63) is 30.1 Å². The van der Waals surface area contributed by atoms with Crippen LogP contribution >= 0.6 is 11.6 Å². The van der Waals surface area contributed by atoms with Crippen molar-refractivity contribution in [2.75, 3.05) is 5.88 Å². The molecule has 1 rings (SSSR count). The van der Waals surface area contributed by atoms with Gasteiger partial charge in [0.2, 0.25) is 0 Å². The third-order valence-electron chi connectivity index (χ3n) is 5.06. The van der Waals surface area contributed by atoms with Gasteiger partial charge in [-0.2, -0.15) is 4.57 Å². The molecular weight excluding hydrogens is 314 g/mol. The Morgan fingerprint density at radius 1 is 0.833 bits per heavy atom. The molecule has 0 fully saturated rings. The highest BCUT2D eigenvalue weighted by Gasteiger charge is 2.18. The van der Waals surface area contributed by atoms with E-state index < -0.39 is 0 Å². The van der Waals surface area contributed by atoms with Gasteiger partial charge in [0.1, 0.15) is 0 Å². The number of rotatable bonds is 15. The van der Waals surface area contributed by atoms with E-state index in [4.69, 9.17) is 11.6 Å². The molecule has 0 bridgehead atoms. The molecule has 0 unspecified atom stereocenters. The lowest BCUT2D eigenvalue weighted by molar-refractivity contribution is -0.724. The van der Waals surface area contributed by atoms with Crippen LogP contribution in [-0.2, 0) is 0 Å². The summed E-state index contributed by atoms with van der Waals surface area (Å²) in [6.45, 7) is 4.46. The average molecular weight is 353 g/mol. The Bertz CT molecular complexity index is 405. The summed E-state index contributed by atoms with van der Waals surface area (Å²) in [5, 5.41) is 0. The van der Waals surface area contributed by atoms with E-state index in [-0.39, 0.29) is 0 Å². The Balaban J connectivity index is 1.98. The first-order valence-electron chi connectivity index (χ1n) is 10.3. The normalized spacial score (nSPS) is 12.5. The molecule has 1 heterocycles. The standard InChI is InChI=1S/C22H39ClN/c1-3-4-5-6-7-8-9-10-11-12-13-14-18-22(20-23)24-19-16-15-17-21(24)2/h15-17,19,22H,3-14,18,20H2,1-2H3/q+1/t22-/m1/s1. The Morgan fingerprint density at radius 2 is 1.38 bits per heavy atom. The summed E-state index contributed by atoms with van der Waals surface area (Å²) in [5.41, 5.74) is 1.31. The largest absolute Gasteiger partial charge is 0.199 e. The molecule has 0 spiro atoms.